The second-order valence-electron chi connectivity index (χ2n) is 3.81. The lowest BCUT2D eigenvalue weighted by atomic mass is 10.2. The van der Waals surface area contributed by atoms with E-state index in [9.17, 15) is 4.79 Å². The smallest absolute Gasteiger partial charge is 0.153 e. The summed E-state index contributed by atoms with van der Waals surface area (Å²) >= 11 is 0. The van der Waals surface area contributed by atoms with Crippen LogP contribution in [0.4, 0.5) is 0 Å². The first-order valence-corrected chi connectivity index (χ1v) is 5.33. The number of aldehydes is 1. The summed E-state index contributed by atoms with van der Waals surface area (Å²) in [5.41, 5.74) is 3.16. The minimum absolute atomic E-state index is 0.654. The Morgan fingerprint density at radius 2 is 1.88 bits per heavy atom. The molecule has 0 aliphatic rings. The average molecular weight is 230 g/mol. The number of rotatable bonds is 3. The maximum absolute atomic E-state index is 10.9. The molecule has 2 rings (SSSR count). The molecule has 0 bridgehead atoms. The molecule has 1 heterocycles. The van der Waals surface area contributed by atoms with Crippen molar-refractivity contribution in [1.29, 1.82) is 0 Å². The largest absolute Gasteiger partial charge is 0.497 e. The van der Waals surface area contributed by atoms with Crippen molar-refractivity contribution < 1.29 is 9.53 Å². The zero-order valence-electron chi connectivity index (χ0n) is 10.1. The molecule has 2 aromatic rings. The summed E-state index contributed by atoms with van der Waals surface area (Å²) in [6, 6.07) is 7.55. The van der Waals surface area contributed by atoms with E-state index in [0.717, 1.165) is 29.1 Å². The zero-order valence-corrected chi connectivity index (χ0v) is 10.1. The fourth-order valence-corrected chi connectivity index (χ4v) is 1.80. The van der Waals surface area contributed by atoms with Crippen LogP contribution in [0.2, 0.25) is 0 Å². The van der Waals surface area contributed by atoms with E-state index in [4.69, 9.17) is 4.74 Å². The number of aromatic nitrogens is 2. The summed E-state index contributed by atoms with van der Waals surface area (Å²) in [5.74, 6) is 0.797. The van der Waals surface area contributed by atoms with Gasteiger partial charge < -0.3 is 4.74 Å². The molecule has 0 spiro atoms. The molecule has 0 aliphatic carbocycles. The van der Waals surface area contributed by atoms with Gasteiger partial charge >= 0.3 is 0 Å². The maximum Gasteiger partial charge on any atom is 0.153 e. The van der Waals surface area contributed by atoms with Gasteiger partial charge in [0, 0.05) is 0 Å². The summed E-state index contributed by atoms with van der Waals surface area (Å²) in [5, 5.41) is 4.35. The van der Waals surface area contributed by atoms with Crippen LogP contribution >= 0.6 is 0 Å². The van der Waals surface area contributed by atoms with Crippen LogP contribution in [0.15, 0.2) is 24.3 Å². The number of hydrogen-bond donors (Lipinski definition) is 0. The number of carbonyl (C=O) groups is 1. The van der Waals surface area contributed by atoms with Crippen LogP contribution in [-0.4, -0.2) is 23.2 Å². The van der Waals surface area contributed by atoms with E-state index < -0.39 is 0 Å². The van der Waals surface area contributed by atoms with E-state index in [1.165, 1.54) is 0 Å². The maximum atomic E-state index is 10.9. The van der Waals surface area contributed by atoms with E-state index in [0.29, 0.717) is 5.56 Å². The third kappa shape index (κ3) is 1.93. The zero-order chi connectivity index (χ0) is 12.4. The highest BCUT2D eigenvalue weighted by Crippen LogP contribution is 2.18. The molecule has 0 aliphatic heterocycles. The first-order valence-electron chi connectivity index (χ1n) is 5.33. The molecule has 0 N–H and O–H groups in total. The second kappa shape index (κ2) is 4.41. The van der Waals surface area contributed by atoms with Crippen LogP contribution in [0.3, 0.4) is 0 Å². The Bertz CT molecular complexity index is 541. The Balaban J connectivity index is 2.49. The summed E-state index contributed by atoms with van der Waals surface area (Å²) < 4.78 is 6.86. The number of benzene rings is 1. The highest BCUT2D eigenvalue weighted by Gasteiger charge is 2.11. The predicted octanol–water partition coefficient (Wildman–Crippen LogP) is 2.31. The molecule has 0 radical (unpaired) electrons. The van der Waals surface area contributed by atoms with Crippen molar-refractivity contribution in [3.05, 3.63) is 41.2 Å². The van der Waals surface area contributed by atoms with Crippen molar-refractivity contribution in [1.82, 2.24) is 9.78 Å². The van der Waals surface area contributed by atoms with Crippen LogP contribution in [0.5, 0.6) is 5.75 Å². The van der Waals surface area contributed by atoms with Gasteiger partial charge in [0.25, 0.3) is 0 Å². The topological polar surface area (TPSA) is 44.1 Å². The molecule has 1 aromatic carbocycles. The first-order chi connectivity index (χ1) is 8.17. The van der Waals surface area contributed by atoms with E-state index in [-0.39, 0.29) is 0 Å². The number of ether oxygens (including phenoxy) is 1. The third-order valence-corrected chi connectivity index (χ3v) is 2.78. The fraction of sp³-hybridized carbons (Fsp3) is 0.231. The molecule has 4 heteroatoms. The van der Waals surface area contributed by atoms with Crippen LogP contribution in [0.25, 0.3) is 5.69 Å². The van der Waals surface area contributed by atoms with Crippen molar-refractivity contribution in [2.75, 3.05) is 7.11 Å². The number of hydrogen-bond acceptors (Lipinski definition) is 3. The number of methoxy groups -OCH3 is 1. The van der Waals surface area contributed by atoms with Gasteiger partial charge in [0.2, 0.25) is 0 Å². The second-order valence-corrected chi connectivity index (χ2v) is 3.81. The van der Waals surface area contributed by atoms with Crippen molar-refractivity contribution in [2.45, 2.75) is 13.8 Å². The molecular weight excluding hydrogens is 216 g/mol. The van der Waals surface area contributed by atoms with Crippen LogP contribution in [0.1, 0.15) is 21.7 Å². The van der Waals surface area contributed by atoms with E-state index >= 15 is 0 Å². The number of nitrogens with zero attached hydrogens (tertiary/aromatic N) is 2. The number of aryl methyl sites for hydroxylation is 1. The Morgan fingerprint density at radius 3 is 2.35 bits per heavy atom. The van der Waals surface area contributed by atoms with E-state index in [2.05, 4.69) is 5.10 Å². The van der Waals surface area contributed by atoms with E-state index in [1.54, 1.807) is 11.8 Å². The average Bonchev–Trinajstić information content (AvgIpc) is 2.64. The van der Waals surface area contributed by atoms with Gasteiger partial charge in [-0.3, -0.25) is 4.79 Å². The molecule has 17 heavy (non-hydrogen) atoms. The van der Waals surface area contributed by atoms with Gasteiger partial charge in [0.15, 0.2) is 6.29 Å². The molecule has 0 unspecified atom stereocenters. The van der Waals surface area contributed by atoms with Gasteiger partial charge in [-0.25, -0.2) is 4.68 Å². The highest BCUT2D eigenvalue weighted by molar-refractivity contribution is 5.78. The molecule has 4 nitrogen and oxygen atoms in total. The monoisotopic (exact) mass is 230 g/mol. The Labute approximate surface area is 99.8 Å². The van der Waals surface area contributed by atoms with Crippen molar-refractivity contribution in [3.8, 4) is 11.4 Å². The normalized spacial score (nSPS) is 10.3. The van der Waals surface area contributed by atoms with Crippen LogP contribution in [0, 0.1) is 13.8 Å². The van der Waals surface area contributed by atoms with E-state index in [1.807, 2.05) is 38.1 Å². The molecule has 0 fully saturated rings. The molecule has 0 saturated carbocycles. The van der Waals surface area contributed by atoms with Gasteiger partial charge in [-0.05, 0) is 38.1 Å². The van der Waals surface area contributed by atoms with Crippen LogP contribution in [-0.2, 0) is 0 Å². The lowest BCUT2D eigenvalue weighted by Crippen LogP contribution is -1.99. The molecule has 0 atom stereocenters. The Hall–Kier alpha value is -2.10. The standard InChI is InChI=1S/C13H14N2O2/c1-9-13(8-16)10(2)15(14-9)11-4-6-12(17-3)7-5-11/h4-8H,1-3H3. The molecule has 0 amide bonds. The van der Waals surface area contributed by atoms with Gasteiger partial charge in [-0.15, -0.1) is 0 Å². The number of carbonyl (C=O) groups excluding carboxylic acids is 1. The molecule has 88 valence electrons. The molecular formula is C13H14N2O2. The fourth-order valence-electron chi connectivity index (χ4n) is 1.80. The quantitative estimate of drug-likeness (QED) is 0.760. The summed E-state index contributed by atoms with van der Waals surface area (Å²) in [7, 11) is 1.63. The van der Waals surface area contributed by atoms with Crippen LogP contribution < -0.4 is 4.74 Å². The highest BCUT2D eigenvalue weighted by atomic mass is 16.5. The van der Waals surface area contributed by atoms with Gasteiger partial charge in [-0.1, -0.05) is 0 Å². The van der Waals surface area contributed by atoms with Crippen molar-refractivity contribution >= 4 is 6.29 Å². The minimum Gasteiger partial charge on any atom is -0.497 e. The van der Waals surface area contributed by atoms with Gasteiger partial charge in [-0.2, -0.15) is 5.10 Å². The predicted molar refractivity (Wildman–Crippen MR) is 65.0 cm³/mol. The minimum atomic E-state index is 0.654. The Morgan fingerprint density at radius 1 is 1.24 bits per heavy atom. The van der Waals surface area contributed by atoms with Gasteiger partial charge in [0.05, 0.1) is 29.7 Å². The van der Waals surface area contributed by atoms with Crippen molar-refractivity contribution in [2.24, 2.45) is 0 Å². The summed E-state index contributed by atoms with van der Waals surface area (Å²) in [6.07, 6.45) is 0.845. The third-order valence-electron chi connectivity index (χ3n) is 2.78. The Kier molecular flexibility index (Phi) is 2.95. The lowest BCUT2D eigenvalue weighted by molar-refractivity contribution is 0.112. The first kappa shape index (κ1) is 11.4. The molecule has 0 saturated heterocycles. The lowest BCUT2D eigenvalue weighted by Gasteiger charge is -2.05. The SMILES string of the molecule is COc1ccc(-n2nc(C)c(C=O)c2C)cc1. The van der Waals surface area contributed by atoms with Crippen molar-refractivity contribution in [3.63, 3.8) is 0 Å². The molecule has 1 aromatic heterocycles. The summed E-state index contributed by atoms with van der Waals surface area (Å²) in [4.78, 5) is 10.9. The summed E-state index contributed by atoms with van der Waals surface area (Å²) in [6.45, 7) is 3.71. The van der Waals surface area contributed by atoms with Gasteiger partial charge in [0.1, 0.15) is 5.75 Å².